The number of amides is 4. The van der Waals surface area contributed by atoms with Gasteiger partial charge in [0.05, 0.1) is 16.3 Å². The first-order valence-corrected chi connectivity index (χ1v) is 17.7. The van der Waals surface area contributed by atoms with Crippen molar-refractivity contribution in [3.05, 3.63) is 58.1 Å². The molecule has 6 rings (SSSR count). The van der Waals surface area contributed by atoms with Gasteiger partial charge in [0.25, 0.3) is 5.91 Å². The van der Waals surface area contributed by atoms with Gasteiger partial charge in [-0.25, -0.2) is 9.59 Å². The number of carbonyl (C=O) groups excluding carboxylic acids is 3. The number of nitrogens with two attached hydrogens (primary N) is 1. The van der Waals surface area contributed by atoms with Gasteiger partial charge in [0.15, 0.2) is 6.61 Å². The first-order valence-electron chi connectivity index (χ1n) is 17.3. The average Bonchev–Trinajstić information content (AvgIpc) is 3.26. The maximum atomic E-state index is 13.8. The number of benzene rings is 2. The van der Waals surface area contributed by atoms with Gasteiger partial charge in [-0.1, -0.05) is 29.8 Å². The van der Waals surface area contributed by atoms with Crippen LogP contribution < -0.4 is 11.1 Å². The molecular formula is C35H45ClF3N7O4. The summed E-state index contributed by atoms with van der Waals surface area (Å²) in [4.78, 5) is 49.8. The number of likely N-dealkylation sites (N-methyl/N-ethyl adjacent to an activating group) is 1. The monoisotopic (exact) mass is 719 g/mol. The fourth-order valence-electron chi connectivity index (χ4n) is 7.75. The number of urea groups is 1. The lowest BCUT2D eigenvalue weighted by molar-refractivity contribution is -0.137. The smallest absolute Gasteiger partial charge is 0.418 e. The van der Waals surface area contributed by atoms with Gasteiger partial charge in [0.1, 0.15) is 0 Å². The summed E-state index contributed by atoms with van der Waals surface area (Å²) in [5, 5.41) is 2.74. The van der Waals surface area contributed by atoms with Crippen molar-refractivity contribution >= 4 is 41.0 Å². The second kappa shape index (κ2) is 15.2. The number of hydrogen-bond acceptors (Lipinski definition) is 7. The molecule has 0 spiro atoms. The molecule has 0 bridgehead atoms. The number of ether oxygens (including phenoxy) is 1. The molecule has 4 aliphatic rings. The summed E-state index contributed by atoms with van der Waals surface area (Å²) in [6, 6.07) is 9.12. The molecule has 15 heteroatoms. The van der Waals surface area contributed by atoms with E-state index in [0.717, 1.165) is 56.3 Å². The number of piperazine rings is 1. The molecule has 0 saturated carbocycles. The SMILES string of the molecule is CN1CCN(C2CCN(C(=O)COC(=O)N3CCC(N4CCc5ccccc5NC4=O)C[C@H]3Cc3cc(Cl)c(N)c(C(F)(F)F)c3)CC2)CC1. The Morgan fingerprint density at radius 2 is 1.68 bits per heavy atom. The highest BCUT2D eigenvalue weighted by Crippen LogP contribution is 2.39. The fraction of sp³-hybridized carbons (Fsp3) is 0.571. The predicted octanol–water partition coefficient (Wildman–Crippen LogP) is 4.78. The van der Waals surface area contributed by atoms with Gasteiger partial charge >= 0.3 is 18.3 Å². The van der Waals surface area contributed by atoms with Crippen LogP contribution in [0.1, 0.15) is 42.4 Å². The zero-order valence-corrected chi connectivity index (χ0v) is 29.0. The Hall–Kier alpha value is -3.75. The Kier molecular flexibility index (Phi) is 11.0. The lowest BCUT2D eigenvalue weighted by atomic mass is 9.90. The van der Waals surface area contributed by atoms with Crippen molar-refractivity contribution in [1.82, 2.24) is 24.5 Å². The molecule has 1 unspecified atom stereocenters. The van der Waals surface area contributed by atoms with Gasteiger partial charge in [0, 0.05) is 76.2 Å². The number of likely N-dealkylation sites (tertiary alicyclic amines) is 2. The van der Waals surface area contributed by atoms with Crippen LogP contribution in [0, 0.1) is 0 Å². The van der Waals surface area contributed by atoms with E-state index >= 15 is 0 Å². The van der Waals surface area contributed by atoms with Crippen LogP contribution in [0.4, 0.5) is 34.1 Å². The molecule has 3 fully saturated rings. The average molecular weight is 720 g/mol. The van der Waals surface area contributed by atoms with Crippen molar-refractivity contribution < 1.29 is 32.3 Å². The zero-order valence-electron chi connectivity index (χ0n) is 28.3. The third kappa shape index (κ3) is 8.24. The van der Waals surface area contributed by atoms with E-state index in [2.05, 4.69) is 22.2 Å². The predicted molar refractivity (Wildman–Crippen MR) is 184 cm³/mol. The van der Waals surface area contributed by atoms with Crippen LogP contribution in [0.15, 0.2) is 36.4 Å². The largest absolute Gasteiger partial charge is 0.439 e. The van der Waals surface area contributed by atoms with E-state index in [4.69, 9.17) is 22.1 Å². The minimum atomic E-state index is -4.73. The number of nitrogens with one attached hydrogen (secondary N) is 1. The first kappa shape index (κ1) is 36.1. The number of hydrogen-bond donors (Lipinski definition) is 2. The summed E-state index contributed by atoms with van der Waals surface area (Å²) in [5.41, 5.74) is 6.06. The Bertz CT molecular complexity index is 1560. The number of carbonyl (C=O) groups is 3. The molecule has 0 radical (unpaired) electrons. The molecule has 0 aliphatic carbocycles. The maximum Gasteiger partial charge on any atom is 0.418 e. The van der Waals surface area contributed by atoms with E-state index in [1.54, 1.807) is 9.80 Å². The summed E-state index contributed by atoms with van der Waals surface area (Å²) >= 11 is 6.15. The van der Waals surface area contributed by atoms with Crippen LogP contribution in [-0.2, 0) is 28.5 Å². The number of nitrogens with zero attached hydrogens (tertiary/aromatic N) is 5. The molecule has 272 valence electrons. The van der Waals surface area contributed by atoms with Crippen molar-refractivity contribution in [3.8, 4) is 0 Å². The molecule has 0 aromatic heterocycles. The fourth-order valence-corrected chi connectivity index (χ4v) is 7.99. The Labute approximate surface area is 295 Å². The molecule has 50 heavy (non-hydrogen) atoms. The number of anilines is 2. The first-order chi connectivity index (χ1) is 23.9. The van der Waals surface area contributed by atoms with E-state index < -0.39 is 36.2 Å². The van der Waals surface area contributed by atoms with Crippen LogP contribution in [-0.4, -0.2) is 127 Å². The van der Waals surface area contributed by atoms with Crippen LogP contribution >= 0.6 is 11.6 Å². The minimum absolute atomic E-state index is 0.0120. The lowest BCUT2D eigenvalue weighted by Crippen LogP contribution is -2.55. The van der Waals surface area contributed by atoms with Crippen LogP contribution in [0.25, 0.3) is 0 Å². The quantitative estimate of drug-likeness (QED) is 0.413. The summed E-state index contributed by atoms with van der Waals surface area (Å²) in [6.07, 6.45) is -2.38. The number of nitrogen functional groups attached to an aromatic ring is 1. The third-order valence-electron chi connectivity index (χ3n) is 10.7. The normalized spacial score (nSPS) is 22.9. The van der Waals surface area contributed by atoms with Crippen molar-refractivity contribution in [2.45, 2.75) is 62.8 Å². The van der Waals surface area contributed by atoms with Crippen molar-refractivity contribution in [3.63, 3.8) is 0 Å². The van der Waals surface area contributed by atoms with Gasteiger partial charge in [-0.2, -0.15) is 13.2 Å². The minimum Gasteiger partial charge on any atom is -0.439 e. The van der Waals surface area contributed by atoms with E-state index in [1.165, 1.54) is 11.0 Å². The van der Waals surface area contributed by atoms with Crippen LogP contribution in [0.2, 0.25) is 5.02 Å². The third-order valence-corrected chi connectivity index (χ3v) is 11.0. The Balaban J connectivity index is 1.12. The molecule has 11 nitrogen and oxygen atoms in total. The number of para-hydroxylation sites is 1. The molecule has 2 aromatic carbocycles. The second-order valence-corrected chi connectivity index (χ2v) is 14.2. The molecule has 4 aliphatic heterocycles. The molecule has 4 amide bonds. The van der Waals surface area contributed by atoms with Gasteiger partial charge in [0.2, 0.25) is 0 Å². The summed E-state index contributed by atoms with van der Waals surface area (Å²) in [6.45, 7) is 5.46. The van der Waals surface area contributed by atoms with Gasteiger partial charge in [-0.3, -0.25) is 9.69 Å². The Morgan fingerprint density at radius 3 is 2.40 bits per heavy atom. The zero-order chi connectivity index (χ0) is 35.6. The van der Waals surface area contributed by atoms with Crippen molar-refractivity contribution in [2.24, 2.45) is 0 Å². The van der Waals surface area contributed by atoms with Crippen LogP contribution in [0.5, 0.6) is 0 Å². The summed E-state index contributed by atoms with van der Waals surface area (Å²) in [7, 11) is 2.12. The number of halogens is 4. The molecule has 3 N–H and O–H groups in total. The number of rotatable bonds is 6. The molecule has 3 saturated heterocycles. The lowest BCUT2D eigenvalue weighted by Gasteiger charge is -2.43. The standard InChI is InChI=1S/C35H45ClF3N7O4/c1-42-14-16-43(17-15-42)25-7-10-44(11-8-25)31(47)22-50-34(49)46-13-9-26(45-12-6-24-4-2-3-5-30(24)41-33(45)48)21-27(46)18-23-19-28(35(37,38)39)32(40)29(36)20-23/h2-5,19-20,25-27H,6-18,21-22,40H2,1H3,(H,41,48)/t26?,27-/m1/s1. The topological polar surface area (TPSA) is 115 Å². The number of fused-ring (bicyclic) bond motifs is 1. The highest BCUT2D eigenvalue weighted by atomic mass is 35.5. The second-order valence-electron chi connectivity index (χ2n) is 13.8. The maximum absolute atomic E-state index is 13.8. The molecule has 4 heterocycles. The summed E-state index contributed by atoms with van der Waals surface area (Å²) < 4.78 is 47.1. The highest BCUT2D eigenvalue weighted by molar-refractivity contribution is 6.33. The summed E-state index contributed by atoms with van der Waals surface area (Å²) in [5.74, 6) is -0.275. The molecular weight excluding hydrogens is 675 g/mol. The number of alkyl halides is 3. The van der Waals surface area contributed by atoms with E-state index in [9.17, 15) is 27.6 Å². The highest BCUT2D eigenvalue weighted by Gasteiger charge is 2.39. The van der Waals surface area contributed by atoms with E-state index in [0.29, 0.717) is 38.5 Å². The van der Waals surface area contributed by atoms with E-state index in [1.807, 2.05) is 24.3 Å². The van der Waals surface area contributed by atoms with E-state index in [-0.39, 0.29) is 48.0 Å². The molecule has 2 atom stereocenters. The van der Waals surface area contributed by atoms with Crippen LogP contribution in [0.3, 0.4) is 0 Å². The number of piperidine rings is 2. The van der Waals surface area contributed by atoms with Crippen molar-refractivity contribution in [2.75, 3.05) is 77.1 Å². The van der Waals surface area contributed by atoms with Gasteiger partial charge in [-0.05, 0) is 74.9 Å². The molecule has 2 aromatic rings. The van der Waals surface area contributed by atoms with Gasteiger partial charge in [-0.15, -0.1) is 0 Å². The van der Waals surface area contributed by atoms with Crippen molar-refractivity contribution in [1.29, 1.82) is 0 Å². The Morgan fingerprint density at radius 1 is 0.980 bits per heavy atom. The van der Waals surface area contributed by atoms with Gasteiger partial charge < -0.3 is 35.4 Å².